The fraction of sp³-hybridized carbons (Fsp3) is 0.500. The van der Waals surface area contributed by atoms with Gasteiger partial charge in [-0.25, -0.2) is 18.5 Å². The van der Waals surface area contributed by atoms with Crippen LogP contribution in [0.3, 0.4) is 0 Å². The van der Waals surface area contributed by atoms with E-state index in [1.807, 2.05) is 0 Å². The van der Waals surface area contributed by atoms with Crippen molar-refractivity contribution in [3.8, 4) is 0 Å². The Bertz CT molecular complexity index is 803. The number of amides is 2. The van der Waals surface area contributed by atoms with Crippen LogP contribution in [0.1, 0.15) is 48.9 Å². The van der Waals surface area contributed by atoms with Crippen molar-refractivity contribution in [1.29, 1.82) is 4.78 Å². The summed E-state index contributed by atoms with van der Waals surface area (Å²) in [5, 5.41) is 4.04. The Labute approximate surface area is 149 Å². The van der Waals surface area contributed by atoms with Crippen molar-refractivity contribution in [2.24, 2.45) is 5.73 Å². The van der Waals surface area contributed by atoms with Gasteiger partial charge in [0.05, 0.1) is 0 Å². The molecular weight excluding hydrogens is 336 g/mol. The molecule has 0 saturated carbocycles. The highest BCUT2D eigenvalue weighted by Crippen LogP contribution is 2.38. The fourth-order valence-electron chi connectivity index (χ4n) is 3.55. The fourth-order valence-corrected chi connectivity index (χ4v) is 4.49. The quantitative estimate of drug-likeness (QED) is 0.661. The molecule has 5 N–H and O–H groups in total. The molecule has 1 atom stereocenters. The number of hydrogen-bond donors (Lipinski definition) is 4. The molecular formula is C18H26N4O2S. The lowest BCUT2D eigenvalue weighted by atomic mass is 9.99. The van der Waals surface area contributed by atoms with Crippen molar-refractivity contribution in [3.05, 3.63) is 39.8 Å². The summed E-state index contributed by atoms with van der Waals surface area (Å²) in [7, 11) is -3.38. The average Bonchev–Trinajstić information content (AvgIpc) is 3.12. The minimum Gasteiger partial charge on any atom is -0.322 e. The molecule has 3 rings (SSSR count). The van der Waals surface area contributed by atoms with E-state index in [1.54, 1.807) is 13.8 Å². The highest BCUT2D eigenvalue weighted by atomic mass is 32.2. The van der Waals surface area contributed by atoms with E-state index >= 15 is 0 Å². The second kappa shape index (κ2) is 6.46. The van der Waals surface area contributed by atoms with E-state index in [0.717, 1.165) is 49.6 Å². The van der Waals surface area contributed by atoms with E-state index in [0.29, 0.717) is 0 Å². The van der Waals surface area contributed by atoms with Gasteiger partial charge in [0.25, 0.3) is 0 Å². The second-order valence-electron chi connectivity index (χ2n) is 7.51. The first-order valence-electron chi connectivity index (χ1n) is 8.67. The van der Waals surface area contributed by atoms with Crippen LogP contribution < -0.4 is 15.8 Å². The number of aryl methyl sites for hydroxylation is 2. The largest absolute Gasteiger partial charge is 0.331 e. The van der Waals surface area contributed by atoms with Crippen LogP contribution >= 0.6 is 0 Å². The standard InChI is InChI=1S/C18H26N4O2S/c1-18(2,19)9-10-25(20,24)22-17(23)21-16-14-7-3-5-12(14)11-13-6-4-8-15(13)16/h9-11H,3-8,19H2,1-2H3,(H3,20,21,22,23,24)/b10-9+. The summed E-state index contributed by atoms with van der Waals surface area (Å²) in [5.41, 5.74) is 11.0. The molecule has 2 amide bonds. The summed E-state index contributed by atoms with van der Waals surface area (Å²) in [6.07, 6.45) is 7.66. The summed E-state index contributed by atoms with van der Waals surface area (Å²) in [6, 6.07) is 1.68. The van der Waals surface area contributed by atoms with Crippen LogP contribution in [0.2, 0.25) is 0 Å². The first kappa shape index (κ1) is 17.9. The summed E-state index contributed by atoms with van der Waals surface area (Å²) >= 11 is 0. The van der Waals surface area contributed by atoms with Gasteiger partial charge in [-0.15, -0.1) is 0 Å². The van der Waals surface area contributed by atoms with E-state index in [4.69, 9.17) is 10.5 Å². The van der Waals surface area contributed by atoms with Crippen molar-refractivity contribution < 1.29 is 9.00 Å². The van der Waals surface area contributed by atoms with Gasteiger partial charge < -0.3 is 11.1 Å². The lowest BCUT2D eigenvalue weighted by Gasteiger charge is -2.17. The molecule has 25 heavy (non-hydrogen) atoms. The molecule has 7 heteroatoms. The molecule has 0 saturated heterocycles. The average molecular weight is 362 g/mol. The molecule has 6 nitrogen and oxygen atoms in total. The number of nitrogens with two attached hydrogens (primary N) is 1. The maximum Gasteiger partial charge on any atom is 0.331 e. The molecule has 1 aromatic rings. The van der Waals surface area contributed by atoms with Crippen molar-refractivity contribution in [3.63, 3.8) is 0 Å². The number of rotatable bonds is 4. The van der Waals surface area contributed by atoms with Crippen LogP contribution in [-0.4, -0.2) is 15.8 Å². The first-order valence-corrected chi connectivity index (χ1v) is 10.3. The Balaban J connectivity index is 1.80. The topological polar surface area (TPSA) is 108 Å². The van der Waals surface area contributed by atoms with Gasteiger partial charge >= 0.3 is 6.03 Å². The number of carbonyl (C=O) groups excluding carboxylic acids is 1. The van der Waals surface area contributed by atoms with Gasteiger partial charge in [0.1, 0.15) is 0 Å². The third kappa shape index (κ3) is 4.22. The van der Waals surface area contributed by atoms with E-state index in [9.17, 15) is 9.00 Å². The molecule has 0 fully saturated rings. The molecule has 0 spiro atoms. The third-order valence-corrected chi connectivity index (χ3v) is 5.65. The van der Waals surface area contributed by atoms with Crippen LogP contribution in [0.15, 0.2) is 17.6 Å². The van der Waals surface area contributed by atoms with Crippen molar-refractivity contribution in [2.45, 2.75) is 57.9 Å². The Morgan fingerprint density at radius 2 is 1.76 bits per heavy atom. The summed E-state index contributed by atoms with van der Waals surface area (Å²) < 4.78 is 22.3. The molecule has 0 radical (unpaired) electrons. The van der Waals surface area contributed by atoms with E-state index in [-0.39, 0.29) is 0 Å². The molecule has 0 heterocycles. The number of urea groups is 1. The SMILES string of the molecule is CC(C)(N)/C=C/S(=N)(=O)NC(=O)Nc1c2c(cc3c1CCC3)CCC2. The van der Waals surface area contributed by atoms with E-state index in [2.05, 4.69) is 16.1 Å². The predicted octanol–water partition coefficient (Wildman–Crippen LogP) is 3.00. The summed E-state index contributed by atoms with van der Waals surface area (Å²) in [4.78, 5) is 12.4. The number of carbonyl (C=O) groups is 1. The molecule has 136 valence electrons. The zero-order valence-corrected chi connectivity index (χ0v) is 15.6. The lowest BCUT2D eigenvalue weighted by Crippen LogP contribution is -2.34. The van der Waals surface area contributed by atoms with Crippen LogP contribution in [0.5, 0.6) is 0 Å². The smallest absolute Gasteiger partial charge is 0.322 e. The van der Waals surface area contributed by atoms with Gasteiger partial charge in [-0.3, -0.25) is 0 Å². The Morgan fingerprint density at radius 1 is 1.20 bits per heavy atom. The van der Waals surface area contributed by atoms with Gasteiger partial charge in [-0.2, -0.15) is 0 Å². The van der Waals surface area contributed by atoms with Gasteiger partial charge in [0.15, 0.2) is 9.92 Å². The van der Waals surface area contributed by atoms with Crippen molar-refractivity contribution in [1.82, 2.24) is 4.72 Å². The third-order valence-electron chi connectivity index (χ3n) is 4.65. The van der Waals surface area contributed by atoms with Crippen LogP contribution in [0.4, 0.5) is 10.5 Å². The molecule has 0 aliphatic heterocycles. The minimum atomic E-state index is -3.38. The van der Waals surface area contributed by atoms with Crippen LogP contribution in [-0.2, 0) is 35.6 Å². The number of anilines is 1. The van der Waals surface area contributed by atoms with Crippen LogP contribution in [0.25, 0.3) is 0 Å². The van der Waals surface area contributed by atoms with E-state index in [1.165, 1.54) is 28.3 Å². The van der Waals surface area contributed by atoms with Crippen LogP contribution in [0, 0.1) is 4.78 Å². The van der Waals surface area contributed by atoms with Gasteiger partial charge in [0, 0.05) is 16.6 Å². The highest BCUT2D eigenvalue weighted by molar-refractivity contribution is 7.93. The van der Waals surface area contributed by atoms with Crippen molar-refractivity contribution >= 4 is 21.6 Å². The maximum atomic E-state index is 12.4. The highest BCUT2D eigenvalue weighted by Gasteiger charge is 2.25. The second-order valence-corrected chi connectivity index (χ2v) is 9.19. The zero-order chi connectivity index (χ0) is 18.2. The van der Waals surface area contributed by atoms with Gasteiger partial charge in [-0.05, 0) is 74.6 Å². The summed E-state index contributed by atoms with van der Waals surface area (Å²) in [5.74, 6) is 0. The molecule has 0 bridgehead atoms. The number of nitrogens with one attached hydrogen (secondary N) is 3. The Kier molecular flexibility index (Phi) is 4.64. The number of fused-ring (bicyclic) bond motifs is 2. The number of benzene rings is 1. The Hall–Kier alpha value is -1.86. The monoisotopic (exact) mass is 362 g/mol. The molecule has 1 unspecified atom stereocenters. The molecule has 2 aliphatic rings. The maximum absolute atomic E-state index is 12.4. The lowest BCUT2D eigenvalue weighted by molar-refractivity contribution is 0.257. The predicted molar refractivity (Wildman–Crippen MR) is 101 cm³/mol. The number of hydrogen-bond acceptors (Lipinski definition) is 4. The molecule has 0 aromatic heterocycles. The summed E-state index contributed by atoms with van der Waals surface area (Å²) in [6.45, 7) is 3.46. The van der Waals surface area contributed by atoms with Gasteiger partial charge in [0.2, 0.25) is 0 Å². The molecule has 2 aliphatic carbocycles. The van der Waals surface area contributed by atoms with Crippen molar-refractivity contribution in [2.75, 3.05) is 5.32 Å². The zero-order valence-electron chi connectivity index (χ0n) is 14.8. The normalized spacial score (nSPS) is 18.7. The minimum absolute atomic E-state index is 0.603. The van der Waals surface area contributed by atoms with Gasteiger partial charge in [-0.1, -0.05) is 12.1 Å². The van der Waals surface area contributed by atoms with E-state index < -0.39 is 21.5 Å². The first-order chi connectivity index (χ1) is 11.6. The Morgan fingerprint density at radius 3 is 2.28 bits per heavy atom. The molecule has 1 aromatic carbocycles.